The van der Waals surface area contributed by atoms with Crippen LogP contribution in [0.3, 0.4) is 0 Å². The molecule has 0 saturated carbocycles. The number of thiocarbonyl (C=S) groups is 1. The molecule has 0 aliphatic heterocycles. The highest BCUT2D eigenvalue weighted by molar-refractivity contribution is 7.80. The summed E-state index contributed by atoms with van der Waals surface area (Å²) in [5.41, 5.74) is 4.37. The minimum absolute atomic E-state index is 0.231. The summed E-state index contributed by atoms with van der Waals surface area (Å²) in [4.78, 5) is 20.1. The average molecular weight is 501 g/mol. The summed E-state index contributed by atoms with van der Waals surface area (Å²) in [7, 11) is 1.29. The van der Waals surface area contributed by atoms with E-state index in [0.717, 1.165) is 24.0 Å². The molecule has 0 radical (unpaired) electrons. The van der Waals surface area contributed by atoms with Crippen LogP contribution < -0.4 is 10.6 Å². The maximum Gasteiger partial charge on any atom is 0.339 e. The Balaban J connectivity index is 1.85. The van der Waals surface area contributed by atoms with E-state index in [-0.39, 0.29) is 17.9 Å². The van der Waals surface area contributed by atoms with Crippen LogP contribution in [-0.2, 0) is 17.7 Å². The molecule has 1 heterocycles. The van der Waals surface area contributed by atoms with Crippen LogP contribution in [-0.4, -0.2) is 29.4 Å². The minimum atomic E-state index is -0.516. The first-order chi connectivity index (χ1) is 16.4. The van der Waals surface area contributed by atoms with Crippen LogP contribution in [0.5, 0.6) is 0 Å². The number of carbonyl (C=O) groups is 1. The van der Waals surface area contributed by atoms with Crippen LogP contribution in [0.15, 0.2) is 59.4 Å². The highest BCUT2D eigenvalue weighted by atomic mass is 35.5. The summed E-state index contributed by atoms with van der Waals surface area (Å²) in [5.74, 6) is -0.750. The number of aromatic nitrogens is 1. The Bertz CT molecular complexity index is 1170. The van der Waals surface area contributed by atoms with E-state index in [9.17, 15) is 9.18 Å². The molecule has 0 amide bonds. The van der Waals surface area contributed by atoms with Crippen molar-refractivity contribution in [2.45, 2.75) is 38.8 Å². The lowest BCUT2D eigenvalue weighted by Crippen LogP contribution is -2.39. The molecule has 2 aromatic rings. The first kappa shape index (κ1) is 25.5. The highest BCUT2D eigenvalue weighted by Crippen LogP contribution is 2.35. The lowest BCUT2D eigenvalue weighted by Gasteiger charge is -2.24. The van der Waals surface area contributed by atoms with Gasteiger partial charge in [0.05, 0.1) is 36.0 Å². The summed E-state index contributed by atoms with van der Waals surface area (Å²) >= 11 is 11.8. The lowest BCUT2D eigenvalue weighted by atomic mass is 9.94. The maximum atomic E-state index is 14.7. The fraction of sp³-hybridized carbons (Fsp3) is 0.280. The van der Waals surface area contributed by atoms with Crippen LogP contribution in [0.4, 0.5) is 4.39 Å². The van der Waals surface area contributed by atoms with E-state index in [0.29, 0.717) is 27.8 Å². The second-order valence-electron chi connectivity index (χ2n) is 7.58. The monoisotopic (exact) mass is 500 g/mol. The van der Waals surface area contributed by atoms with Gasteiger partial charge in [0.15, 0.2) is 5.11 Å². The number of hydrogen-bond acceptors (Lipinski definition) is 5. The van der Waals surface area contributed by atoms with E-state index < -0.39 is 12.0 Å². The topological polar surface area (TPSA) is 75.6 Å². The molecule has 1 aromatic carbocycles. The molecule has 0 bridgehead atoms. The number of nitrogens with zero attached hydrogens (tertiary/aromatic N) is 2. The molecule has 6 nitrogen and oxygen atoms in total. The van der Waals surface area contributed by atoms with E-state index in [2.05, 4.69) is 38.8 Å². The Hall–Kier alpha value is -3.10. The number of pyridine rings is 1. The molecule has 34 heavy (non-hydrogen) atoms. The number of methoxy groups -OCH3 is 1. The number of rotatable bonds is 7. The third-order valence-electron chi connectivity index (χ3n) is 5.64. The first-order valence-corrected chi connectivity index (χ1v) is 11.6. The van der Waals surface area contributed by atoms with E-state index in [4.69, 9.17) is 23.8 Å². The van der Waals surface area contributed by atoms with Gasteiger partial charge in [0, 0.05) is 18.6 Å². The number of esters is 1. The molecule has 0 fully saturated rings. The van der Waals surface area contributed by atoms with Crippen molar-refractivity contribution in [2.75, 3.05) is 7.11 Å². The summed E-state index contributed by atoms with van der Waals surface area (Å²) in [6.45, 7) is 5.97. The van der Waals surface area contributed by atoms with Gasteiger partial charge in [0.1, 0.15) is 5.82 Å². The second kappa shape index (κ2) is 11.9. The molecule has 0 saturated heterocycles. The van der Waals surface area contributed by atoms with E-state index in [1.54, 1.807) is 12.3 Å². The average Bonchev–Trinajstić information content (AvgIpc) is 2.98. The Kier molecular flexibility index (Phi) is 8.90. The molecule has 0 spiro atoms. The van der Waals surface area contributed by atoms with Crippen molar-refractivity contribution in [3.63, 3.8) is 0 Å². The van der Waals surface area contributed by atoms with Gasteiger partial charge in [-0.15, -0.1) is 0 Å². The first-order valence-electron chi connectivity index (χ1n) is 10.8. The van der Waals surface area contributed by atoms with Gasteiger partial charge < -0.3 is 15.4 Å². The van der Waals surface area contributed by atoms with Gasteiger partial charge in [-0.05, 0) is 60.3 Å². The largest absolute Gasteiger partial charge is 0.465 e. The van der Waals surface area contributed by atoms with Crippen LogP contribution >= 0.6 is 23.8 Å². The predicted octanol–water partition coefficient (Wildman–Crippen LogP) is 5.23. The Morgan fingerprint density at radius 1 is 1.44 bits per heavy atom. The van der Waals surface area contributed by atoms with E-state index >= 15 is 0 Å². The van der Waals surface area contributed by atoms with Gasteiger partial charge >= 0.3 is 5.97 Å². The molecule has 1 aliphatic rings. The van der Waals surface area contributed by atoms with Crippen LogP contribution in [0.25, 0.3) is 0 Å². The van der Waals surface area contributed by atoms with Gasteiger partial charge in [-0.2, -0.15) is 0 Å². The summed E-state index contributed by atoms with van der Waals surface area (Å²) in [6, 6.07) is 6.19. The molecule has 1 aliphatic carbocycles. The van der Waals surface area contributed by atoms with Gasteiger partial charge in [0.25, 0.3) is 0 Å². The van der Waals surface area contributed by atoms with Crippen molar-refractivity contribution >= 4 is 41.1 Å². The number of carbonyl (C=O) groups excluding carboxylic acids is 1. The maximum absolute atomic E-state index is 14.7. The van der Waals surface area contributed by atoms with Crippen LogP contribution in [0.2, 0.25) is 5.02 Å². The summed E-state index contributed by atoms with van der Waals surface area (Å²) in [6.07, 6.45) is 6.76. The van der Waals surface area contributed by atoms with Crippen molar-refractivity contribution in [1.82, 2.24) is 15.6 Å². The SMILES string of the molecule is C=CN=CC1=C(CC)CCc2c(F)cccc2C1NC(=S)NCc1ncc(C(=O)OC)cc1Cl. The van der Waals surface area contributed by atoms with Crippen LogP contribution in [0, 0.1) is 5.82 Å². The molecule has 1 atom stereocenters. The van der Waals surface area contributed by atoms with Gasteiger partial charge in [-0.25, -0.2) is 9.18 Å². The fourth-order valence-electron chi connectivity index (χ4n) is 3.91. The number of halogens is 2. The number of hydrogen-bond donors (Lipinski definition) is 2. The number of aliphatic imine (C=N–C) groups is 1. The zero-order valence-corrected chi connectivity index (χ0v) is 20.6. The summed E-state index contributed by atoms with van der Waals surface area (Å²) < 4.78 is 19.4. The van der Waals surface area contributed by atoms with Gasteiger partial charge in [-0.3, -0.25) is 9.98 Å². The highest BCUT2D eigenvalue weighted by Gasteiger charge is 2.27. The standard InChI is InChI=1S/C25H26ClFN4O2S/c1-4-15-9-10-17-18(7-6-8-21(17)27)23(19(15)13-28-5-2)31-25(34)30-14-22-20(26)11-16(12-29-22)24(32)33-3/h5-8,11-13,23H,2,4,9-10,14H2,1,3H3,(H2,30,31,34). The number of allylic oxidation sites excluding steroid dienone is 1. The fourth-order valence-corrected chi connectivity index (χ4v) is 4.33. The smallest absolute Gasteiger partial charge is 0.339 e. The van der Waals surface area contributed by atoms with E-state index in [1.807, 2.05) is 6.07 Å². The third kappa shape index (κ3) is 5.87. The van der Waals surface area contributed by atoms with Crippen LogP contribution in [0.1, 0.15) is 53.0 Å². The molecule has 178 valence electrons. The molecule has 1 unspecified atom stereocenters. The number of fused-ring (bicyclic) bond motifs is 1. The second-order valence-corrected chi connectivity index (χ2v) is 8.40. The van der Waals surface area contributed by atoms with Gasteiger partial charge in [0.2, 0.25) is 0 Å². The van der Waals surface area contributed by atoms with Crippen molar-refractivity contribution in [3.05, 3.63) is 87.6 Å². The number of nitrogens with one attached hydrogen (secondary N) is 2. The zero-order valence-electron chi connectivity index (χ0n) is 19.0. The zero-order chi connectivity index (χ0) is 24.7. The molecule has 2 N–H and O–H groups in total. The Labute approximate surface area is 209 Å². The van der Waals surface area contributed by atoms with Crippen molar-refractivity contribution in [2.24, 2.45) is 4.99 Å². The number of benzene rings is 1. The molecular weight excluding hydrogens is 475 g/mol. The molecular formula is C25H26ClFN4O2S. The molecule has 3 rings (SSSR count). The minimum Gasteiger partial charge on any atom is -0.465 e. The van der Waals surface area contributed by atoms with Crippen molar-refractivity contribution in [3.8, 4) is 0 Å². The lowest BCUT2D eigenvalue weighted by molar-refractivity contribution is 0.0600. The third-order valence-corrected chi connectivity index (χ3v) is 6.23. The van der Waals surface area contributed by atoms with E-state index in [1.165, 1.54) is 37.2 Å². The molecule has 9 heteroatoms. The summed E-state index contributed by atoms with van der Waals surface area (Å²) in [5, 5.41) is 7.08. The Morgan fingerprint density at radius 2 is 2.24 bits per heavy atom. The Morgan fingerprint density at radius 3 is 2.91 bits per heavy atom. The normalized spacial score (nSPS) is 15.5. The van der Waals surface area contributed by atoms with Crippen molar-refractivity contribution in [1.29, 1.82) is 0 Å². The van der Waals surface area contributed by atoms with Crippen molar-refractivity contribution < 1.29 is 13.9 Å². The predicted molar refractivity (Wildman–Crippen MR) is 137 cm³/mol. The molecule has 1 aromatic heterocycles. The number of ether oxygens (including phenoxy) is 1. The van der Waals surface area contributed by atoms with Gasteiger partial charge in [-0.1, -0.05) is 42.8 Å². The quantitative estimate of drug-likeness (QED) is 0.308.